The molecule has 3 aromatic carbocycles. The van der Waals surface area contributed by atoms with E-state index in [1.54, 1.807) is 28.7 Å². The van der Waals surface area contributed by atoms with Crippen LogP contribution in [0.25, 0.3) is 16.6 Å². The van der Waals surface area contributed by atoms with Crippen molar-refractivity contribution in [3.8, 4) is 5.69 Å². The van der Waals surface area contributed by atoms with E-state index in [2.05, 4.69) is 15.2 Å². The van der Waals surface area contributed by atoms with Gasteiger partial charge in [-0.15, -0.1) is 10.2 Å². The SMILES string of the molecule is O=c1c2ccccc2ncn1Cc1nnc(SCc2ccc(Cl)cc2)n1-c1ccccc1. The lowest BCUT2D eigenvalue weighted by Crippen LogP contribution is -2.22. The fourth-order valence-corrected chi connectivity index (χ4v) is 4.48. The highest BCUT2D eigenvalue weighted by molar-refractivity contribution is 7.98. The molecule has 158 valence electrons. The molecule has 5 aromatic rings. The van der Waals surface area contributed by atoms with Crippen molar-refractivity contribution >= 4 is 34.3 Å². The number of rotatable bonds is 6. The molecule has 0 amide bonds. The van der Waals surface area contributed by atoms with Crippen LogP contribution in [-0.4, -0.2) is 24.3 Å². The van der Waals surface area contributed by atoms with E-state index in [1.807, 2.05) is 77.4 Å². The first-order valence-corrected chi connectivity index (χ1v) is 11.4. The van der Waals surface area contributed by atoms with Crippen LogP contribution in [0.4, 0.5) is 0 Å². The van der Waals surface area contributed by atoms with Gasteiger partial charge >= 0.3 is 0 Å². The normalized spacial score (nSPS) is 11.2. The van der Waals surface area contributed by atoms with Gasteiger partial charge < -0.3 is 0 Å². The Hall–Kier alpha value is -3.42. The van der Waals surface area contributed by atoms with E-state index in [4.69, 9.17) is 11.6 Å². The number of fused-ring (bicyclic) bond motifs is 1. The zero-order chi connectivity index (χ0) is 21.9. The summed E-state index contributed by atoms with van der Waals surface area (Å²) in [5.41, 5.74) is 2.65. The summed E-state index contributed by atoms with van der Waals surface area (Å²) in [6.45, 7) is 0.264. The van der Waals surface area contributed by atoms with E-state index >= 15 is 0 Å². The Morgan fingerprint density at radius 1 is 0.875 bits per heavy atom. The predicted octanol–water partition coefficient (Wildman–Crippen LogP) is 4.97. The fourth-order valence-electron chi connectivity index (χ4n) is 3.43. The molecule has 0 aliphatic rings. The molecule has 2 heterocycles. The van der Waals surface area contributed by atoms with E-state index < -0.39 is 0 Å². The van der Waals surface area contributed by atoms with Crippen molar-refractivity contribution in [2.24, 2.45) is 0 Å². The minimum atomic E-state index is -0.103. The van der Waals surface area contributed by atoms with Crippen LogP contribution in [0.5, 0.6) is 0 Å². The number of aromatic nitrogens is 5. The molecule has 8 heteroatoms. The average Bonchev–Trinajstić information content (AvgIpc) is 3.23. The van der Waals surface area contributed by atoms with Gasteiger partial charge in [-0.1, -0.05) is 65.8 Å². The Morgan fingerprint density at radius 2 is 1.62 bits per heavy atom. The lowest BCUT2D eigenvalue weighted by Gasteiger charge is -2.11. The molecule has 0 radical (unpaired) electrons. The summed E-state index contributed by atoms with van der Waals surface area (Å²) in [5.74, 6) is 1.38. The number of nitrogens with zero attached hydrogens (tertiary/aromatic N) is 5. The molecule has 0 unspecified atom stereocenters. The van der Waals surface area contributed by atoms with Crippen molar-refractivity contribution in [1.29, 1.82) is 0 Å². The van der Waals surface area contributed by atoms with Crippen LogP contribution in [0.2, 0.25) is 5.02 Å². The summed E-state index contributed by atoms with van der Waals surface area (Å²) in [5, 5.41) is 10.9. The Bertz CT molecular complexity index is 1430. The summed E-state index contributed by atoms with van der Waals surface area (Å²) in [6, 6.07) is 25.0. The molecule has 5 rings (SSSR count). The lowest BCUT2D eigenvalue weighted by molar-refractivity contribution is 0.685. The zero-order valence-corrected chi connectivity index (χ0v) is 18.5. The molecular weight excluding hydrogens is 442 g/mol. The number of benzene rings is 3. The molecule has 6 nitrogen and oxygen atoms in total. The van der Waals surface area contributed by atoms with Crippen molar-refractivity contribution in [3.63, 3.8) is 0 Å². The largest absolute Gasteiger partial charge is 0.291 e. The standard InChI is InChI=1S/C24H18ClN5OS/c25-18-12-10-17(11-13-18)15-32-24-28-27-22(30(24)19-6-2-1-3-7-19)14-29-16-26-21-9-5-4-8-20(21)23(29)31/h1-13,16H,14-15H2. The second kappa shape index (κ2) is 8.98. The van der Waals surface area contributed by atoms with Gasteiger partial charge in [-0.05, 0) is 42.0 Å². The summed E-state index contributed by atoms with van der Waals surface area (Å²) in [6.07, 6.45) is 1.56. The quantitative estimate of drug-likeness (QED) is 0.335. The van der Waals surface area contributed by atoms with E-state index in [0.717, 1.165) is 22.2 Å². The molecule has 0 N–H and O–H groups in total. The second-order valence-electron chi connectivity index (χ2n) is 7.18. The lowest BCUT2D eigenvalue weighted by atomic mass is 10.2. The Labute approximate surface area is 193 Å². The molecule has 2 aromatic heterocycles. The monoisotopic (exact) mass is 459 g/mol. The fraction of sp³-hybridized carbons (Fsp3) is 0.0833. The number of halogens is 1. The first-order chi connectivity index (χ1) is 15.7. The van der Waals surface area contributed by atoms with Crippen LogP contribution in [0, 0.1) is 0 Å². The second-order valence-corrected chi connectivity index (χ2v) is 8.56. The van der Waals surface area contributed by atoms with Crippen LogP contribution in [0.1, 0.15) is 11.4 Å². The van der Waals surface area contributed by atoms with Crippen LogP contribution >= 0.6 is 23.4 Å². The maximum Gasteiger partial charge on any atom is 0.261 e. The van der Waals surface area contributed by atoms with Gasteiger partial charge in [-0.3, -0.25) is 13.9 Å². The maximum absolute atomic E-state index is 13.0. The Morgan fingerprint density at radius 3 is 2.44 bits per heavy atom. The minimum absolute atomic E-state index is 0.103. The maximum atomic E-state index is 13.0. The van der Waals surface area contributed by atoms with Gasteiger partial charge in [0, 0.05) is 16.5 Å². The number of thioether (sulfide) groups is 1. The molecule has 0 aliphatic carbocycles. The van der Waals surface area contributed by atoms with Crippen molar-refractivity contribution in [2.75, 3.05) is 0 Å². The Kier molecular flexibility index (Phi) is 5.75. The van der Waals surface area contributed by atoms with Crippen molar-refractivity contribution in [3.05, 3.63) is 112 Å². The van der Waals surface area contributed by atoms with Crippen molar-refractivity contribution in [2.45, 2.75) is 17.5 Å². The van der Waals surface area contributed by atoms with Crippen LogP contribution in [-0.2, 0) is 12.3 Å². The molecular formula is C24H18ClN5OS. The van der Waals surface area contributed by atoms with Gasteiger partial charge in [-0.2, -0.15) is 0 Å². The molecule has 0 atom stereocenters. The number of hydrogen-bond acceptors (Lipinski definition) is 5. The smallest absolute Gasteiger partial charge is 0.261 e. The third-order valence-corrected chi connectivity index (χ3v) is 6.29. The highest BCUT2D eigenvalue weighted by atomic mass is 35.5. The van der Waals surface area contributed by atoms with Gasteiger partial charge in [-0.25, -0.2) is 4.98 Å². The molecule has 0 saturated heterocycles. The summed E-state index contributed by atoms with van der Waals surface area (Å²) < 4.78 is 3.56. The summed E-state index contributed by atoms with van der Waals surface area (Å²) in [7, 11) is 0. The molecule has 0 spiro atoms. The third-order valence-electron chi connectivity index (χ3n) is 5.04. The average molecular weight is 460 g/mol. The van der Waals surface area contributed by atoms with Gasteiger partial charge in [0.1, 0.15) is 0 Å². The summed E-state index contributed by atoms with van der Waals surface area (Å²) >= 11 is 7.58. The van der Waals surface area contributed by atoms with Gasteiger partial charge in [0.25, 0.3) is 5.56 Å². The van der Waals surface area contributed by atoms with Crippen molar-refractivity contribution < 1.29 is 0 Å². The number of para-hydroxylation sites is 2. The molecule has 0 bridgehead atoms. The van der Waals surface area contributed by atoms with Crippen LogP contribution < -0.4 is 5.56 Å². The van der Waals surface area contributed by atoms with Crippen molar-refractivity contribution in [1.82, 2.24) is 24.3 Å². The highest BCUT2D eigenvalue weighted by Crippen LogP contribution is 2.26. The highest BCUT2D eigenvalue weighted by Gasteiger charge is 2.16. The van der Waals surface area contributed by atoms with Gasteiger partial charge in [0.05, 0.1) is 23.8 Å². The molecule has 0 aliphatic heterocycles. The van der Waals surface area contributed by atoms with Gasteiger partial charge in [0.15, 0.2) is 11.0 Å². The van der Waals surface area contributed by atoms with Gasteiger partial charge in [0.2, 0.25) is 0 Å². The third kappa shape index (κ3) is 4.17. The Balaban J connectivity index is 1.50. The number of hydrogen-bond donors (Lipinski definition) is 0. The molecule has 0 saturated carbocycles. The minimum Gasteiger partial charge on any atom is -0.291 e. The topological polar surface area (TPSA) is 65.6 Å². The molecule has 32 heavy (non-hydrogen) atoms. The van der Waals surface area contributed by atoms with E-state index in [9.17, 15) is 4.79 Å². The first-order valence-electron chi connectivity index (χ1n) is 10.0. The summed E-state index contributed by atoms with van der Waals surface area (Å²) in [4.78, 5) is 17.4. The predicted molar refractivity (Wildman–Crippen MR) is 127 cm³/mol. The van der Waals surface area contributed by atoms with E-state index in [1.165, 1.54) is 0 Å². The van der Waals surface area contributed by atoms with E-state index in [0.29, 0.717) is 21.7 Å². The first kappa shape index (κ1) is 20.5. The van der Waals surface area contributed by atoms with Crippen LogP contribution in [0.3, 0.4) is 0 Å². The van der Waals surface area contributed by atoms with E-state index in [-0.39, 0.29) is 12.1 Å². The zero-order valence-electron chi connectivity index (χ0n) is 16.9. The van der Waals surface area contributed by atoms with Crippen LogP contribution in [0.15, 0.2) is 95.1 Å². The molecule has 0 fully saturated rings.